The molecule has 106 valence electrons. The summed E-state index contributed by atoms with van der Waals surface area (Å²) in [7, 11) is 0. The van der Waals surface area contributed by atoms with Crippen molar-refractivity contribution in [2.75, 3.05) is 19.6 Å². The molecule has 1 aromatic heterocycles. The minimum Gasteiger partial charge on any atom is -0.330 e. The SMILES string of the molecule is CCN(CCc1cccnc1)C1CCCCC1CN. The van der Waals surface area contributed by atoms with E-state index in [1.54, 1.807) is 0 Å². The maximum Gasteiger partial charge on any atom is 0.0300 e. The number of hydrogen-bond acceptors (Lipinski definition) is 3. The summed E-state index contributed by atoms with van der Waals surface area (Å²) in [4.78, 5) is 6.82. The Hall–Kier alpha value is -0.930. The minimum atomic E-state index is 0.695. The van der Waals surface area contributed by atoms with Crippen molar-refractivity contribution in [2.24, 2.45) is 11.7 Å². The summed E-state index contributed by atoms with van der Waals surface area (Å²) in [5, 5.41) is 0. The van der Waals surface area contributed by atoms with Crippen LogP contribution in [0.4, 0.5) is 0 Å². The fourth-order valence-electron chi connectivity index (χ4n) is 3.32. The van der Waals surface area contributed by atoms with Gasteiger partial charge in [-0.05, 0) is 49.9 Å². The number of rotatable bonds is 6. The maximum absolute atomic E-state index is 5.96. The van der Waals surface area contributed by atoms with E-state index >= 15 is 0 Å². The molecule has 0 aromatic carbocycles. The van der Waals surface area contributed by atoms with Crippen LogP contribution in [0.5, 0.6) is 0 Å². The van der Waals surface area contributed by atoms with Crippen LogP contribution in [-0.4, -0.2) is 35.6 Å². The standard InChI is InChI=1S/C16H27N3/c1-2-19(11-9-14-6-5-10-18-13-14)16-8-4-3-7-15(16)12-17/h5-6,10,13,15-16H,2-4,7-9,11-12,17H2,1H3. The van der Waals surface area contributed by atoms with Crippen molar-refractivity contribution in [1.29, 1.82) is 0 Å². The van der Waals surface area contributed by atoms with E-state index in [0.29, 0.717) is 12.0 Å². The van der Waals surface area contributed by atoms with Gasteiger partial charge in [0.15, 0.2) is 0 Å². The monoisotopic (exact) mass is 261 g/mol. The van der Waals surface area contributed by atoms with Crippen molar-refractivity contribution in [2.45, 2.75) is 45.1 Å². The highest BCUT2D eigenvalue weighted by molar-refractivity contribution is 5.08. The van der Waals surface area contributed by atoms with Crippen LogP contribution in [0.2, 0.25) is 0 Å². The molecule has 1 heterocycles. The lowest BCUT2D eigenvalue weighted by Crippen LogP contribution is -2.45. The van der Waals surface area contributed by atoms with Gasteiger partial charge in [-0.15, -0.1) is 0 Å². The van der Waals surface area contributed by atoms with Crippen molar-refractivity contribution < 1.29 is 0 Å². The first-order valence-corrected chi connectivity index (χ1v) is 7.68. The topological polar surface area (TPSA) is 42.2 Å². The zero-order valence-electron chi connectivity index (χ0n) is 12.1. The van der Waals surface area contributed by atoms with Crippen LogP contribution in [0.1, 0.15) is 38.2 Å². The Morgan fingerprint density at radius 1 is 1.37 bits per heavy atom. The van der Waals surface area contributed by atoms with Crippen LogP contribution in [0.25, 0.3) is 0 Å². The van der Waals surface area contributed by atoms with Crippen LogP contribution in [0.15, 0.2) is 24.5 Å². The average molecular weight is 261 g/mol. The van der Waals surface area contributed by atoms with E-state index in [0.717, 1.165) is 26.1 Å². The first-order chi connectivity index (χ1) is 9.35. The van der Waals surface area contributed by atoms with Gasteiger partial charge >= 0.3 is 0 Å². The van der Waals surface area contributed by atoms with E-state index in [9.17, 15) is 0 Å². The second kappa shape index (κ2) is 7.61. The van der Waals surface area contributed by atoms with Crippen LogP contribution in [0.3, 0.4) is 0 Å². The van der Waals surface area contributed by atoms with Crippen LogP contribution in [-0.2, 0) is 6.42 Å². The molecule has 1 saturated carbocycles. The lowest BCUT2D eigenvalue weighted by molar-refractivity contribution is 0.113. The van der Waals surface area contributed by atoms with Gasteiger partial charge in [-0.2, -0.15) is 0 Å². The maximum atomic E-state index is 5.96. The van der Waals surface area contributed by atoms with Gasteiger partial charge in [0.25, 0.3) is 0 Å². The van der Waals surface area contributed by atoms with Gasteiger partial charge in [-0.3, -0.25) is 4.98 Å². The van der Waals surface area contributed by atoms with E-state index in [-0.39, 0.29) is 0 Å². The highest BCUT2D eigenvalue weighted by atomic mass is 15.2. The second-order valence-electron chi connectivity index (χ2n) is 5.59. The molecule has 0 amide bonds. The number of hydrogen-bond donors (Lipinski definition) is 1. The Morgan fingerprint density at radius 3 is 2.89 bits per heavy atom. The van der Waals surface area contributed by atoms with E-state index in [1.807, 2.05) is 18.5 Å². The molecular weight excluding hydrogens is 234 g/mol. The molecule has 0 radical (unpaired) electrons. The van der Waals surface area contributed by atoms with Crippen molar-refractivity contribution in [3.05, 3.63) is 30.1 Å². The molecule has 2 unspecified atom stereocenters. The van der Waals surface area contributed by atoms with Crippen LogP contribution in [0, 0.1) is 5.92 Å². The minimum absolute atomic E-state index is 0.695. The number of pyridine rings is 1. The second-order valence-corrected chi connectivity index (χ2v) is 5.59. The molecule has 0 bridgehead atoms. The van der Waals surface area contributed by atoms with Crippen LogP contribution < -0.4 is 5.73 Å². The van der Waals surface area contributed by atoms with Crippen molar-refractivity contribution in [3.63, 3.8) is 0 Å². The lowest BCUT2D eigenvalue weighted by atomic mass is 9.83. The van der Waals surface area contributed by atoms with Gasteiger partial charge in [0.2, 0.25) is 0 Å². The quantitative estimate of drug-likeness (QED) is 0.855. The molecule has 0 spiro atoms. The number of nitrogens with zero attached hydrogens (tertiary/aromatic N) is 2. The largest absolute Gasteiger partial charge is 0.330 e. The van der Waals surface area contributed by atoms with Gasteiger partial charge in [-0.25, -0.2) is 0 Å². The van der Waals surface area contributed by atoms with Gasteiger partial charge in [0.05, 0.1) is 0 Å². The molecular formula is C16H27N3. The van der Waals surface area contributed by atoms with Crippen LogP contribution >= 0.6 is 0 Å². The molecule has 1 aliphatic rings. The first kappa shape index (κ1) is 14.5. The van der Waals surface area contributed by atoms with Crippen molar-refractivity contribution in [3.8, 4) is 0 Å². The highest BCUT2D eigenvalue weighted by Crippen LogP contribution is 2.27. The third kappa shape index (κ3) is 4.02. The predicted molar refractivity (Wildman–Crippen MR) is 80.0 cm³/mol. The summed E-state index contributed by atoms with van der Waals surface area (Å²) in [6.45, 7) is 5.37. The summed E-state index contributed by atoms with van der Waals surface area (Å²) in [6, 6.07) is 4.89. The van der Waals surface area contributed by atoms with Crippen molar-refractivity contribution >= 4 is 0 Å². The fraction of sp³-hybridized carbons (Fsp3) is 0.688. The number of nitrogens with two attached hydrogens (primary N) is 1. The smallest absolute Gasteiger partial charge is 0.0300 e. The zero-order valence-corrected chi connectivity index (χ0v) is 12.1. The zero-order chi connectivity index (χ0) is 13.5. The Labute approximate surface area is 117 Å². The highest BCUT2D eigenvalue weighted by Gasteiger charge is 2.28. The van der Waals surface area contributed by atoms with E-state index in [4.69, 9.17) is 5.73 Å². The summed E-state index contributed by atoms with van der Waals surface area (Å²) in [5.41, 5.74) is 7.29. The fourth-order valence-corrected chi connectivity index (χ4v) is 3.32. The molecule has 1 aromatic rings. The molecule has 19 heavy (non-hydrogen) atoms. The summed E-state index contributed by atoms with van der Waals surface area (Å²) in [6.07, 6.45) is 10.3. The third-order valence-electron chi connectivity index (χ3n) is 4.46. The molecule has 3 nitrogen and oxygen atoms in total. The van der Waals surface area contributed by atoms with E-state index < -0.39 is 0 Å². The van der Waals surface area contributed by atoms with E-state index in [2.05, 4.69) is 22.9 Å². The molecule has 0 aliphatic heterocycles. The Balaban J connectivity index is 1.91. The third-order valence-corrected chi connectivity index (χ3v) is 4.46. The molecule has 1 aliphatic carbocycles. The average Bonchev–Trinajstić information content (AvgIpc) is 2.49. The Bertz CT molecular complexity index is 352. The molecule has 2 N–H and O–H groups in total. The van der Waals surface area contributed by atoms with Gasteiger partial charge in [0.1, 0.15) is 0 Å². The number of likely N-dealkylation sites (N-methyl/N-ethyl adjacent to an activating group) is 1. The molecule has 2 rings (SSSR count). The summed E-state index contributed by atoms with van der Waals surface area (Å²) in [5.74, 6) is 0.697. The first-order valence-electron chi connectivity index (χ1n) is 7.68. The number of aromatic nitrogens is 1. The normalized spacial score (nSPS) is 23.7. The lowest BCUT2D eigenvalue weighted by Gasteiger charge is -2.39. The molecule has 0 saturated heterocycles. The summed E-state index contributed by atoms with van der Waals surface area (Å²) >= 11 is 0. The molecule has 1 fully saturated rings. The van der Waals surface area contributed by atoms with Crippen molar-refractivity contribution in [1.82, 2.24) is 9.88 Å². The van der Waals surface area contributed by atoms with Gasteiger partial charge < -0.3 is 10.6 Å². The van der Waals surface area contributed by atoms with Gasteiger partial charge in [0, 0.05) is 25.0 Å². The predicted octanol–water partition coefficient (Wildman–Crippen LogP) is 2.46. The van der Waals surface area contributed by atoms with E-state index in [1.165, 1.54) is 31.2 Å². The molecule has 2 atom stereocenters. The summed E-state index contributed by atoms with van der Waals surface area (Å²) < 4.78 is 0. The van der Waals surface area contributed by atoms with Gasteiger partial charge in [-0.1, -0.05) is 25.8 Å². The Kier molecular flexibility index (Phi) is 5.80. The molecule has 3 heteroatoms. The Morgan fingerprint density at radius 2 is 2.21 bits per heavy atom.